The second-order valence-electron chi connectivity index (χ2n) is 5.77. The number of amides is 1. The maximum atomic E-state index is 12.2. The molecule has 1 fully saturated rings. The average molecular weight is 327 g/mol. The minimum absolute atomic E-state index is 0. The molecule has 0 aromatic heterocycles. The molecule has 3 rings (SSSR count). The van der Waals surface area contributed by atoms with Gasteiger partial charge >= 0.3 is 0 Å². The Kier molecular flexibility index (Phi) is 5.91. The van der Waals surface area contributed by atoms with Crippen LogP contribution in [0.25, 0.3) is 0 Å². The molecule has 2 aliphatic rings. The topological polar surface area (TPSA) is 50.8 Å². The van der Waals surface area contributed by atoms with E-state index in [1.54, 1.807) is 4.90 Å². The third-order valence-corrected chi connectivity index (χ3v) is 4.15. The SMILES string of the molecule is CN(Cc1ccc2c(c1)OCO2)C(=O)CCC1CCCN1.Cl. The van der Waals surface area contributed by atoms with Crippen molar-refractivity contribution in [2.24, 2.45) is 0 Å². The highest BCUT2D eigenvalue weighted by atomic mass is 35.5. The van der Waals surface area contributed by atoms with Gasteiger partial charge in [-0.2, -0.15) is 0 Å². The van der Waals surface area contributed by atoms with Gasteiger partial charge < -0.3 is 19.7 Å². The summed E-state index contributed by atoms with van der Waals surface area (Å²) in [5.74, 6) is 1.74. The van der Waals surface area contributed by atoms with Gasteiger partial charge in [0, 0.05) is 26.1 Å². The fourth-order valence-corrected chi connectivity index (χ4v) is 2.89. The minimum atomic E-state index is 0. The number of carbonyl (C=O) groups is 1. The van der Waals surface area contributed by atoms with Crippen molar-refractivity contribution in [3.63, 3.8) is 0 Å². The molecular weight excluding hydrogens is 304 g/mol. The van der Waals surface area contributed by atoms with E-state index in [4.69, 9.17) is 9.47 Å². The van der Waals surface area contributed by atoms with Crippen LogP contribution >= 0.6 is 12.4 Å². The van der Waals surface area contributed by atoms with E-state index in [0.29, 0.717) is 19.0 Å². The quantitative estimate of drug-likeness (QED) is 0.902. The van der Waals surface area contributed by atoms with Crippen LogP contribution in [-0.2, 0) is 11.3 Å². The van der Waals surface area contributed by atoms with Crippen molar-refractivity contribution in [1.82, 2.24) is 10.2 Å². The summed E-state index contributed by atoms with van der Waals surface area (Å²) in [4.78, 5) is 14.0. The van der Waals surface area contributed by atoms with E-state index in [1.807, 2.05) is 25.2 Å². The Balaban J connectivity index is 0.00000176. The van der Waals surface area contributed by atoms with Crippen molar-refractivity contribution in [1.29, 1.82) is 0 Å². The number of benzene rings is 1. The summed E-state index contributed by atoms with van der Waals surface area (Å²) in [5, 5.41) is 3.43. The predicted octanol–water partition coefficient (Wildman–Crippen LogP) is 2.33. The number of fused-ring (bicyclic) bond motifs is 1. The number of hydrogen-bond acceptors (Lipinski definition) is 4. The van der Waals surface area contributed by atoms with Crippen LogP contribution in [-0.4, -0.2) is 37.2 Å². The van der Waals surface area contributed by atoms with Gasteiger partial charge in [-0.1, -0.05) is 6.07 Å². The fraction of sp³-hybridized carbons (Fsp3) is 0.562. The molecule has 1 amide bonds. The summed E-state index contributed by atoms with van der Waals surface area (Å²) in [7, 11) is 1.86. The Morgan fingerprint density at radius 2 is 2.18 bits per heavy atom. The standard InChI is InChI=1S/C16H22N2O3.ClH/c1-18(16(19)7-5-13-3-2-8-17-13)10-12-4-6-14-15(9-12)21-11-20-14;/h4,6,9,13,17H,2-3,5,7-8,10-11H2,1H3;1H. The first-order chi connectivity index (χ1) is 10.2. The average Bonchev–Trinajstić information content (AvgIpc) is 3.15. The Bertz CT molecular complexity index is 518. The van der Waals surface area contributed by atoms with E-state index in [9.17, 15) is 4.79 Å². The van der Waals surface area contributed by atoms with E-state index >= 15 is 0 Å². The Morgan fingerprint density at radius 1 is 1.36 bits per heavy atom. The molecule has 1 N–H and O–H groups in total. The molecule has 1 saturated heterocycles. The Morgan fingerprint density at radius 3 is 2.95 bits per heavy atom. The van der Waals surface area contributed by atoms with Crippen LogP contribution in [0.4, 0.5) is 0 Å². The normalized spacial score (nSPS) is 18.9. The molecule has 1 aromatic rings. The second kappa shape index (κ2) is 7.70. The van der Waals surface area contributed by atoms with Crippen molar-refractivity contribution in [2.75, 3.05) is 20.4 Å². The summed E-state index contributed by atoms with van der Waals surface area (Å²) in [6.07, 6.45) is 3.97. The lowest BCUT2D eigenvalue weighted by Crippen LogP contribution is -2.29. The lowest BCUT2D eigenvalue weighted by molar-refractivity contribution is -0.130. The van der Waals surface area contributed by atoms with E-state index in [0.717, 1.165) is 30.0 Å². The molecule has 0 bridgehead atoms. The van der Waals surface area contributed by atoms with Crippen LogP contribution in [0.2, 0.25) is 0 Å². The largest absolute Gasteiger partial charge is 0.454 e. The van der Waals surface area contributed by atoms with Gasteiger partial charge in [-0.3, -0.25) is 4.79 Å². The number of nitrogens with zero attached hydrogens (tertiary/aromatic N) is 1. The molecule has 0 saturated carbocycles. The molecule has 122 valence electrons. The highest BCUT2D eigenvalue weighted by molar-refractivity contribution is 5.85. The van der Waals surface area contributed by atoms with Crippen LogP contribution < -0.4 is 14.8 Å². The molecule has 6 heteroatoms. The van der Waals surface area contributed by atoms with Crippen molar-refractivity contribution in [3.8, 4) is 11.5 Å². The highest BCUT2D eigenvalue weighted by Crippen LogP contribution is 2.32. The first-order valence-corrected chi connectivity index (χ1v) is 7.58. The van der Waals surface area contributed by atoms with Gasteiger partial charge in [0.25, 0.3) is 0 Å². The molecule has 0 spiro atoms. The molecule has 2 aliphatic heterocycles. The van der Waals surface area contributed by atoms with Gasteiger partial charge in [0.05, 0.1) is 0 Å². The summed E-state index contributed by atoms with van der Waals surface area (Å²) in [6.45, 7) is 1.97. The molecule has 1 atom stereocenters. The van der Waals surface area contributed by atoms with Crippen LogP contribution in [0.3, 0.4) is 0 Å². The van der Waals surface area contributed by atoms with Gasteiger partial charge in [-0.05, 0) is 43.5 Å². The van der Waals surface area contributed by atoms with Gasteiger partial charge in [-0.25, -0.2) is 0 Å². The number of rotatable bonds is 5. The predicted molar refractivity (Wildman–Crippen MR) is 86.5 cm³/mol. The molecule has 5 nitrogen and oxygen atoms in total. The van der Waals surface area contributed by atoms with Crippen molar-refractivity contribution >= 4 is 18.3 Å². The molecule has 22 heavy (non-hydrogen) atoms. The lowest BCUT2D eigenvalue weighted by atomic mass is 10.1. The number of ether oxygens (including phenoxy) is 2. The smallest absolute Gasteiger partial charge is 0.231 e. The number of nitrogens with one attached hydrogen (secondary N) is 1. The molecule has 1 unspecified atom stereocenters. The van der Waals surface area contributed by atoms with Crippen LogP contribution in [0.1, 0.15) is 31.2 Å². The zero-order valence-electron chi connectivity index (χ0n) is 12.8. The highest BCUT2D eigenvalue weighted by Gasteiger charge is 2.18. The molecule has 0 radical (unpaired) electrons. The van der Waals surface area contributed by atoms with E-state index in [-0.39, 0.29) is 25.1 Å². The van der Waals surface area contributed by atoms with Gasteiger partial charge in [-0.15, -0.1) is 12.4 Å². The number of hydrogen-bond donors (Lipinski definition) is 1. The minimum Gasteiger partial charge on any atom is -0.454 e. The zero-order chi connectivity index (χ0) is 14.7. The van der Waals surface area contributed by atoms with Gasteiger partial charge in [0.1, 0.15) is 0 Å². The lowest BCUT2D eigenvalue weighted by Gasteiger charge is -2.18. The first-order valence-electron chi connectivity index (χ1n) is 7.58. The Hall–Kier alpha value is -1.46. The number of halogens is 1. The van der Waals surface area contributed by atoms with Crippen molar-refractivity contribution in [2.45, 2.75) is 38.3 Å². The maximum Gasteiger partial charge on any atom is 0.231 e. The van der Waals surface area contributed by atoms with E-state index < -0.39 is 0 Å². The van der Waals surface area contributed by atoms with Gasteiger partial charge in [0.2, 0.25) is 12.7 Å². The number of carbonyl (C=O) groups excluding carboxylic acids is 1. The van der Waals surface area contributed by atoms with E-state index in [2.05, 4.69) is 5.32 Å². The Labute approximate surface area is 137 Å². The van der Waals surface area contributed by atoms with Gasteiger partial charge in [0.15, 0.2) is 11.5 Å². The summed E-state index contributed by atoms with van der Waals surface area (Å²) in [5.41, 5.74) is 1.06. The van der Waals surface area contributed by atoms with E-state index in [1.165, 1.54) is 12.8 Å². The molecule has 1 aromatic carbocycles. The zero-order valence-corrected chi connectivity index (χ0v) is 13.7. The first kappa shape index (κ1) is 16.9. The maximum absolute atomic E-state index is 12.2. The van der Waals surface area contributed by atoms with Crippen LogP contribution in [0.5, 0.6) is 11.5 Å². The molecule has 2 heterocycles. The molecular formula is C16H23ClN2O3. The summed E-state index contributed by atoms with van der Waals surface area (Å²) in [6, 6.07) is 6.35. The van der Waals surface area contributed by atoms with Crippen molar-refractivity contribution < 1.29 is 14.3 Å². The fourth-order valence-electron chi connectivity index (χ4n) is 2.89. The summed E-state index contributed by atoms with van der Waals surface area (Å²) < 4.78 is 10.7. The van der Waals surface area contributed by atoms with Crippen LogP contribution in [0.15, 0.2) is 18.2 Å². The summed E-state index contributed by atoms with van der Waals surface area (Å²) >= 11 is 0. The third kappa shape index (κ3) is 4.05. The third-order valence-electron chi connectivity index (χ3n) is 4.15. The molecule has 0 aliphatic carbocycles. The van der Waals surface area contributed by atoms with Crippen molar-refractivity contribution in [3.05, 3.63) is 23.8 Å². The monoisotopic (exact) mass is 326 g/mol. The van der Waals surface area contributed by atoms with Crippen LogP contribution in [0, 0.1) is 0 Å². The second-order valence-corrected chi connectivity index (χ2v) is 5.77.